The van der Waals surface area contributed by atoms with E-state index >= 15 is 0 Å². The van der Waals surface area contributed by atoms with Crippen LogP contribution in [0, 0.1) is 6.92 Å². The van der Waals surface area contributed by atoms with E-state index in [0.717, 1.165) is 22.1 Å². The van der Waals surface area contributed by atoms with Crippen LogP contribution in [0.1, 0.15) is 28.3 Å². The van der Waals surface area contributed by atoms with Gasteiger partial charge in [0.05, 0.1) is 6.04 Å². The fourth-order valence-electron chi connectivity index (χ4n) is 3.41. The molecule has 0 radical (unpaired) electrons. The molecule has 4 nitrogen and oxygen atoms in total. The third-order valence-electron chi connectivity index (χ3n) is 4.85. The lowest BCUT2D eigenvalue weighted by Gasteiger charge is -2.20. The van der Waals surface area contributed by atoms with Gasteiger partial charge in [0.1, 0.15) is 11.3 Å². The van der Waals surface area contributed by atoms with Crippen LogP contribution in [-0.4, -0.2) is 5.11 Å². The molecule has 4 rings (SSSR count). The number of hydrogen-bond acceptors (Lipinski definition) is 4. The first-order valence-electron chi connectivity index (χ1n) is 9.21. The largest absolute Gasteiger partial charge is 0.508 e. The van der Waals surface area contributed by atoms with Gasteiger partial charge in [0, 0.05) is 24.1 Å². The minimum atomic E-state index is -0.429. The first kappa shape index (κ1) is 18.0. The molecule has 1 heterocycles. The second-order valence-electron chi connectivity index (χ2n) is 6.91. The monoisotopic (exact) mass is 371 g/mol. The zero-order valence-corrected chi connectivity index (χ0v) is 15.6. The molecule has 2 N–H and O–H groups in total. The summed E-state index contributed by atoms with van der Waals surface area (Å²) in [6.45, 7) is 2.56. The molecule has 0 unspecified atom stereocenters. The van der Waals surface area contributed by atoms with E-state index in [4.69, 9.17) is 4.42 Å². The third-order valence-corrected chi connectivity index (χ3v) is 4.85. The molecule has 4 aromatic rings. The van der Waals surface area contributed by atoms with Crippen molar-refractivity contribution in [1.29, 1.82) is 0 Å². The van der Waals surface area contributed by atoms with Gasteiger partial charge in [-0.3, -0.25) is 0 Å². The Morgan fingerprint density at radius 1 is 0.929 bits per heavy atom. The molecule has 28 heavy (non-hydrogen) atoms. The number of benzene rings is 3. The average Bonchev–Trinajstić information content (AvgIpc) is 2.69. The topological polar surface area (TPSA) is 62.5 Å². The second kappa shape index (κ2) is 7.71. The van der Waals surface area contributed by atoms with Crippen LogP contribution in [0.25, 0.3) is 11.0 Å². The first-order chi connectivity index (χ1) is 13.6. The van der Waals surface area contributed by atoms with E-state index < -0.39 is 5.63 Å². The third kappa shape index (κ3) is 3.82. The van der Waals surface area contributed by atoms with Crippen LogP contribution in [0.5, 0.6) is 5.75 Å². The summed E-state index contributed by atoms with van der Waals surface area (Å²) in [4.78, 5) is 12.0. The summed E-state index contributed by atoms with van der Waals surface area (Å²) >= 11 is 0. The Bertz CT molecular complexity index is 1150. The van der Waals surface area contributed by atoms with Crippen LogP contribution in [0.2, 0.25) is 0 Å². The smallest absolute Gasteiger partial charge is 0.336 e. The van der Waals surface area contributed by atoms with Gasteiger partial charge in [-0.25, -0.2) is 4.79 Å². The molecule has 0 fully saturated rings. The Morgan fingerprint density at radius 3 is 2.39 bits per heavy atom. The van der Waals surface area contributed by atoms with Crippen LogP contribution >= 0.6 is 0 Å². The van der Waals surface area contributed by atoms with Gasteiger partial charge < -0.3 is 14.8 Å². The second-order valence-corrected chi connectivity index (χ2v) is 6.91. The van der Waals surface area contributed by atoms with E-state index in [2.05, 4.69) is 48.6 Å². The van der Waals surface area contributed by atoms with Gasteiger partial charge in [0.15, 0.2) is 0 Å². The molecular formula is C24H21NO3. The predicted molar refractivity (Wildman–Crippen MR) is 110 cm³/mol. The molecule has 0 amide bonds. The molecule has 0 spiro atoms. The van der Waals surface area contributed by atoms with Crippen molar-refractivity contribution in [2.75, 3.05) is 0 Å². The molecule has 0 bridgehead atoms. The Kier molecular flexibility index (Phi) is 4.96. The van der Waals surface area contributed by atoms with Crippen molar-refractivity contribution in [2.45, 2.75) is 19.5 Å². The van der Waals surface area contributed by atoms with Crippen molar-refractivity contribution in [2.24, 2.45) is 0 Å². The van der Waals surface area contributed by atoms with E-state index in [0.29, 0.717) is 12.1 Å². The molecule has 3 aromatic carbocycles. The van der Waals surface area contributed by atoms with Crippen molar-refractivity contribution in [3.05, 3.63) is 112 Å². The highest BCUT2D eigenvalue weighted by Gasteiger charge is 2.15. The van der Waals surface area contributed by atoms with Crippen molar-refractivity contribution >= 4 is 11.0 Å². The Morgan fingerprint density at radius 2 is 1.64 bits per heavy atom. The van der Waals surface area contributed by atoms with Crippen molar-refractivity contribution in [1.82, 2.24) is 5.32 Å². The van der Waals surface area contributed by atoms with Gasteiger partial charge in [0.2, 0.25) is 0 Å². The molecule has 0 aliphatic heterocycles. The maximum Gasteiger partial charge on any atom is 0.336 e. The predicted octanol–water partition coefficient (Wildman–Crippen LogP) is 4.69. The maximum atomic E-state index is 12.0. The summed E-state index contributed by atoms with van der Waals surface area (Å²) in [7, 11) is 0. The molecule has 0 aliphatic rings. The summed E-state index contributed by atoms with van der Waals surface area (Å²) in [5.74, 6) is 0.0718. The first-order valence-corrected chi connectivity index (χ1v) is 9.21. The SMILES string of the molecule is Cc1ccc([C@@H](NCc2cc(=O)oc3cc(O)ccc23)c2ccccc2)cc1. The highest BCUT2D eigenvalue weighted by molar-refractivity contribution is 5.81. The van der Waals surface area contributed by atoms with Crippen molar-refractivity contribution in [3.8, 4) is 5.75 Å². The van der Waals surface area contributed by atoms with E-state index in [9.17, 15) is 9.90 Å². The van der Waals surface area contributed by atoms with Crippen molar-refractivity contribution in [3.63, 3.8) is 0 Å². The lowest BCUT2D eigenvalue weighted by atomic mass is 9.97. The lowest BCUT2D eigenvalue weighted by Crippen LogP contribution is -2.22. The van der Waals surface area contributed by atoms with Crippen LogP contribution in [-0.2, 0) is 6.54 Å². The molecule has 4 heteroatoms. The Hall–Kier alpha value is -3.37. The van der Waals surface area contributed by atoms with Gasteiger partial charge in [-0.05, 0) is 35.7 Å². The zero-order chi connectivity index (χ0) is 19.5. The number of nitrogens with one attached hydrogen (secondary N) is 1. The zero-order valence-electron chi connectivity index (χ0n) is 15.6. The normalized spacial score (nSPS) is 12.2. The lowest BCUT2D eigenvalue weighted by molar-refractivity contribution is 0.473. The maximum absolute atomic E-state index is 12.0. The van der Waals surface area contributed by atoms with Gasteiger partial charge in [-0.2, -0.15) is 0 Å². The summed E-state index contributed by atoms with van der Waals surface area (Å²) in [5, 5.41) is 14.1. The van der Waals surface area contributed by atoms with E-state index in [1.165, 1.54) is 17.7 Å². The molecular weight excluding hydrogens is 350 g/mol. The molecule has 0 aliphatic carbocycles. The fraction of sp³-hybridized carbons (Fsp3) is 0.125. The van der Waals surface area contributed by atoms with Crippen molar-refractivity contribution < 1.29 is 9.52 Å². The number of rotatable bonds is 5. The van der Waals surface area contributed by atoms with E-state index in [-0.39, 0.29) is 11.8 Å². The van der Waals surface area contributed by atoms with Gasteiger partial charge >= 0.3 is 5.63 Å². The number of aryl methyl sites for hydroxylation is 1. The minimum absolute atomic E-state index is 0.0128. The Labute approximate surface area is 163 Å². The van der Waals surface area contributed by atoms with Crippen LogP contribution < -0.4 is 10.9 Å². The number of fused-ring (bicyclic) bond motifs is 1. The van der Waals surface area contributed by atoms with Gasteiger partial charge in [-0.1, -0.05) is 60.2 Å². The number of phenols is 1. The van der Waals surface area contributed by atoms with Crippen LogP contribution in [0.15, 0.2) is 88.1 Å². The summed E-state index contributed by atoms with van der Waals surface area (Å²) < 4.78 is 5.23. The summed E-state index contributed by atoms with van der Waals surface area (Å²) in [5.41, 5.74) is 4.30. The van der Waals surface area contributed by atoms with E-state index in [1.807, 2.05) is 18.2 Å². The molecule has 1 atom stereocenters. The summed E-state index contributed by atoms with van der Waals surface area (Å²) in [6.07, 6.45) is 0. The quantitative estimate of drug-likeness (QED) is 0.500. The van der Waals surface area contributed by atoms with Gasteiger partial charge in [0.25, 0.3) is 0 Å². The molecule has 0 saturated heterocycles. The molecule has 0 saturated carbocycles. The van der Waals surface area contributed by atoms with Crippen LogP contribution in [0.3, 0.4) is 0 Å². The fourth-order valence-corrected chi connectivity index (χ4v) is 3.41. The molecule has 1 aromatic heterocycles. The molecule has 140 valence electrons. The number of phenolic OH excluding ortho intramolecular Hbond substituents is 1. The van der Waals surface area contributed by atoms with Crippen LogP contribution in [0.4, 0.5) is 0 Å². The van der Waals surface area contributed by atoms with Gasteiger partial charge in [-0.15, -0.1) is 0 Å². The summed E-state index contributed by atoms with van der Waals surface area (Å²) in [6, 6.07) is 25.0. The Balaban J connectivity index is 1.70. The highest BCUT2D eigenvalue weighted by atomic mass is 16.4. The number of hydrogen-bond donors (Lipinski definition) is 2. The standard InChI is InChI=1S/C24H21NO3/c1-16-7-9-18(10-8-16)24(17-5-3-2-4-6-17)25-15-19-13-23(27)28-22-14-20(26)11-12-21(19)22/h2-14,24-26H,15H2,1H3/t24-/m0/s1. The number of aromatic hydroxyl groups is 1. The minimum Gasteiger partial charge on any atom is -0.508 e. The highest BCUT2D eigenvalue weighted by Crippen LogP contribution is 2.25. The average molecular weight is 371 g/mol. The van der Waals surface area contributed by atoms with E-state index in [1.54, 1.807) is 12.1 Å².